The predicted molar refractivity (Wildman–Crippen MR) is 74.4 cm³/mol. The molecule has 0 saturated heterocycles. The first-order chi connectivity index (χ1) is 8.74. The van der Waals surface area contributed by atoms with Crippen LogP contribution in [-0.4, -0.2) is 9.97 Å². The Morgan fingerprint density at radius 3 is 2.94 bits per heavy atom. The van der Waals surface area contributed by atoms with Gasteiger partial charge in [0.1, 0.15) is 5.82 Å². The molecule has 2 aromatic rings. The van der Waals surface area contributed by atoms with Crippen LogP contribution in [0.5, 0.6) is 0 Å². The van der Waals surface area contributed by atoms with Gasteiger partial charge in [0.05, 0.1) is 0 Å². The lowest BCUT2D eigenvalue weighted by atomic mass is 10.2. The molecule has 0 fully saturated rings. The second-order valence-electron chi connectivity index (χ2n) is 4.39. The van der Waals surface area contributed by atoms with Gasteiger partial charge in [0.15, 0.2) is 4.77 Å². The molecule has 1 aliphatic rings. The summed E-state index contributed by atoms with van der Waals surface area (Å²) in [6.45, 7) is 3.72. The molecule has 0 atom stereocenters. The molecular formula is C13H14N4S. The smallest absolute Gasteiger partial charge is 0.199 e. The Morgan fingerprint density at radius 2 is 2.11 bits per heavy atom. The van der Waals surface area contributed by atoms with Gasteiger partial charge in [-0.2, -0.15) is 0 Å². The summed E-state index contributed by atoms with van der Waals surface area (Å²) in [6.07, 6.45) is 0. The molecule has 92 valence electrons. The largest absolute Gasteiger partial charge is 0.340 e. The number of para-hydroxylation sites is 1. The fourth-order valence-corrected chi connectivity index (χ4v) is 2.36. The lowest BCUT2D eigenvalue weighted by molar-refractivity contribution is 0.757. The molecule has 0 unspecified atom stereocenters. The minimum atomic E-state index is 0.522. The van der Waals surface area contributed by atoms with E-state index in [-0.39, 0.29) is 0 Å². The van der Waals surface area contributed by atoms with Gasteiger partial charge in [-0.1, -0.05) is 18.2 Å². The number of H-pyrrole nitrogens is 1. The summed E-state index contributed by atoms with van der Waals surface area (Å²) < 4.78 is 0.522. The first kappa shape index (κ1) is 11.4. The van der Waals surface area contributed by atoms with Crippen molar-refractivity contribution in [3.63, 3.8) is 0 Å². The van der Waals surface area contributed by atoms with E-state index in [4.69, 9.17) is 12.2 Å². The Morgan fingerprint density at radius 1 is 1.28 bits per heavy atom. The molecule has 2 heterocycles. The van der Waals surface area contributed by atoms with Crippen molar-refractivity contribution in [1.82, 2.24) is 15.3 Å². The van der Waals surface area contributed by atoms with E-state index in [2.05, 4.69) is 33.6 Å². The predicted octanol–water partition coefficient (Wildman–Crippen LogP) is 2.79. The molecule has 3 rings (SSSR count). The molecule has 3 N–H and O–H groups in total. The van der Waals surface area contributed by atoms with Gasteiger partial charge >= 0.3 is 0 Å². The molecular weight excluding hydrogens is 244 g/mol. The number of fused-ring (bicyclic) bond motifs is 1. The standard InChI is InChI=1S/C13H14N4S/c1-8-4-2-3-5-10(8)15-12-9-6-14-7-11(9)16-13(18)17-12/h2-5,14H,6-7H2,1H3,(H2,15,16,17,18). The highest BCUT2D eigenvalue weighted by Gasteiger charge is 2.16. The highest BCUT2D eigenvalue weighted by atomic mass is 32.1. The number of anilines is 2. The maximum absolute atomic E-state index is 5.16. The number of aromatic amines is 1. The normalized spacial score (nSPS) is 13.4. The summed E-state index contributed by atoms with van der Waals surface area (Å²) in [5.74, 6) is 0.855. The van der Waals surface area contributed by atoms with Crippen molar-refractivity contribution in [2.75, 3.05) is 5.32 Å². The maximum atomic E-state index is 5.16. The number of aryl methyl sites for hydroxylation is 1. The summed E-state index contributed by atoms with van der Waals surface area (Å²) in [5.41, 5.74) is 4.57. The van der Waals surface area contributed by atoms with Crippen molar-refractivity contribution in [2.45, 2.75) is 20.0 Å². The number of aromatic nitrogens is 2. The van der Waals surface area contributed by atoms with E-state index in [0.717, 1.165) is 30.3 Å². The average Bonchev–Trinajstić information content (AvgIpc) is 2.80. The van der Waals surface area contributed by atoms with Crippen molar-refractivity contribution < 1.29 is 0 Å². The van der Waals surface area contributed by atoms with Gasteiger partial charge in [0.2, 0.25) is 0 Å². The van der Waals surface area contributed by atoms with Crippen LogP contribution < -0.4 is 10.6 Å². The van der Waals surface area contributed by atoms with Gasteiger partial charge in [-0.3, -0.25) is 0 Å². The van der Waals surface area contributed by atoms with Crippen LogP contribution in [-0.2, 0) is 13.1 Å². The number of nitrogens with zero attached hydrogens (tertiary/aromatic N) is 1. The van der Waals surface area contributed by atoms with Crippen molar-refractivity contribution >= 4 is 23.7 Å². The lowest BCUT2D eigenvalue weighted by Gasteiger charge is -2.11. The van der Waals surface area contributed by atoms with Crippen LogP contribution >= 0.6 is 12.2 Å². The monoisotopic (exact) mass is 258 g/mol. The highest BCUT2D eigenvalue weighted by Crippen LogP contribution is 2.25. The van der Waals surface area contributed by atoms with Crippen molar-refractivity contribution in [3.05, 3.63) is 45.9 Å². The number of benzene rings is 1. The Labute approximate surface area is 110 Å². The molecule has 0 aliphatic carbocycles. The molecule has 1 aliphatic heterocycles. The van der Waals surface area contributed by atoms with Crippen molar-refractivity contribution in [2.24, 2.45) is 0 Å². The van der Waals surface area contributed by atoms with Crippen LogP contribution in [0.3, 0.4) is 0 Å². The molecule has 18 heavy (non-hydrogen) atoms. The average molecular weight is 258 g/mol. The van der Waals surface area contributed by atoms with Gasteiger partial charge in [-0.25, -0.2) is 4.98 Å². The van der Waals surface area contributed by atoms with E-state index in [0.29, 0.717) is 4.77 Å². The zero-order chi connectivity index (χ0) is 12.5. The fraction of sp³-hybridized carbons (Fsp3) is 0.231. The van der Waals surface area contributed by atoms with Crippen molar-refractivity contribution in [1.29, 1.82) is 0 Å². The second kappa shape index (κ2) is 4.51. The lowest BCUT2D eigenvalue weighted by Crippen LogP contribution is -2.03. The SMILES string of the molecule is Cc1ccccc1Nc1nc(=S)[nH]c2c1CNC2. The quantitative estimate of drug-likeness (QED) is 0.725. The molecule has 0 radical (unpaired) electrons. The van der Waals surface area contributed by atoms with Gasteiger partial charge in [0.25, 0.3) is 0 Å². The van der Waals surface area contributed by atoms with E-state index in [9.17, 15) is 0 Å². The summed E-state index contributed by atoms with van der Waals surface area (Å²) >= 11 is 5.16. The fourth-order valence-electron chi connectivity index (χ4n) is 2.14. The number of hydrogen-bond acceptors (Lipinski definition) is 4. The van der Waals surface area contributed by atoms with E-state index >= 15 is 0 Å². The van der Waals surface area contributed by atoms with E-state index in [1.807, 2.05) is 18.2 Å². The Hall–Kier alpha value is -1.72. The second-order valence-corrected chi connectivity index (χ2v) is 4.78. The summed E-state index contributed by atoms with van der Waals surface area (Å²) in [7, 11) is 0. The van der Waals surface area contributed by atoms with Gasteiger partial charge < -0.3 is 15.6 Å². The van der Waals surface area contributed by atoms with E-state index in [1.165, 1.54) is 11.1 Å². The number of nitrogens with one attached hydrogen (secondary N) is 3. The van der Waals surface area contributed by atoms with Crippen LogP contribution in [0.2, 0.25) is 0 Å². The third kappa shape index (κ3) is 2.02. The topological polar surface area (TPSA) is 52.7 Å². The van der Waals surface area contributed by atoms with Crippen LogP contribution in [0.1, 0.15) is 16.8 Å². The first-order valence-corrected chi connectivity index (χ1v) is 6.30. The summed E-state index contributed by atoms with van der Waals surface area (Å²) in [5, 5.41) is 6.67. The molecule has 0 saturated carbocycles. The van der Waals surface area contributed by atoms with Crippen LogP contribution in [0.4, 0.5) is 11.5 Å². The first-order valence-electron chi connectivity index (χ1n) is 5.89. The zero-order valence-corrected chi connectivity index (χ0v) is 10.9. The molecule has 0 amide bonds. The molecule has 0 spiro atoms. The Balaban J connectivity index is 2.04. The van der Waals surface area contributed by atoms with Gasteiger partial charge in [-0.15, -0.1) is 0 Å². The van der Waals surface area contributed by atoms with Crippen LogP contribution in [0.15, 0.2) is 24.3 Å². The van der Waals surface area contributed by atoms with E-state index in [1.54, 1.807) is 0 Å². The zero-order valence-electron chi connectivity index (χ0n) is 10.1. The maximum Gasteiger partial charge on any atom is 0.199 e. The molecule has 4 nitrogen and oxygen atoms in total. The number of hydrogen-bond donors (Lipinski definition) is 3. The molecule has 1 aromatic carbocycles. The van der Waals surface area contributed by atoms with Gasteiger partial charge in [-0.05, 0) is 30.8 Å². The van der Waals surface area contributed by atoms with Crippen LogP contribution in [0, 0.1) is 11.7 Å². The molecule has 1 aromatic heterocycles. The van der Waals surface area contributed by atoms with Crippen LogP contribution in [0.25, 0.3) is 0 Å². The summed E-state index contributed by atoms with van der Waals surface area (Å²) in [4.78, 5) is 7.52. The number of rotatable bonds is 2. The Bertz CT molecular complexity index is 648. The Kier molecular flexibility index (Phi) is 2.85. The molecule has 0 bridgehead atoms. The molecule has 5 heteroatoms. The van der Waals surface area contributed by atoms with Gasteiger partial charge in [0, 0.05) is 30.0 Å². The van der Waals surface area contributed by atoms with E-state index < -0.39 is 0 Å². The minimum absolute atomic E-state index is 0.522. The van der Waals surface area contributed by atoms with Crippen molar-refractivity contribution in [3.8, 4) is 0 Å². The highest BCUT2D eigenvalue weighted by molar-refractivity contribution is 7.71. The third-order valence-corrected chi connectivity index (χ3v) is 3.32. The summed E-state index contributed by atoms with van der Waals surface area (Å²) in [6, 6.07) is 8.16. The minimum Gasteiger partial charge on any atom is -0.340 e. The third-order valence-electron chi connectivity index (χ3n) is 3.12.